The summed E-state index contributed by atoms with van der Waals surface area (Å²) in [4.78, 5) is 17.2. The summed E-state index contributed by atoms with van der Waals surface area (Å²) in [6.07, 6.45) is 4.44. The van der Waals surface area contributed by atoms with E-state index in [1.165, 1.54) is 5.56 Å². The van der Waals surface area contributed by atoms with Crippen LogP contribution in [0.5, 0.6) is 0 Å². The molecule has 3 N–H and O–H groups in total. The summed E-state index contributed by atoms with van der Waals surface area (Å²) >= 11 is 6.15. The molecule has 4 nitrogen and oxygen atoms in total. The Labute approximate surface area is 183 Å². The summed E-state index contributed by atoms with van der Waals surface area (Å²) in [5.74, 6) is 0.231. The standard InChI is InChI=1S/C25H28ClN3O/c1-16(2)24-15-28-9-7-23(24)19-10-17(3)11-20(12-19)25(30)29-14-21-13-22(26)5-4-18(21)6-8-27/h4-5,7,9-13,15-16H,6,8,14,27H2,1-3H3,(H,29,30). The number of aromatic nitrogens is 1. The summed E-state index contributed by atoms with van der Waals surface area (Å²) in [6.45, 7) is 7.26. The van der Waals surface area contributed by atoms with Crippen LogP contribution >= 0.6 is 11.6 Å². The molecule has 0 radical (unpaired) electrons. The van der Waals surface area contributed by atoms with Gasteiger partial charge in [-0.2, -0.15) is 0 Å². The average Bonchev–Trinajstić information content (AvgIpc) is 2.73. The van der Waals surface area contributed by atoms with Crippen LogP contribution < -0.4 is 11.1 Å². The zero-order valence-electron chi connectivity index (χ0n) is 17.7. The Balaban J connectivity index is 1.86. The lowest BCUT2D eigenvalue weighted by Gasteiger charge is -2.15. The third kappa shape index (κ3) is 5.26. The van der Waals surface area contributed by atoms with Crippen LogP contribution in [0, 0.1) is 6.92 Å². The van der Waals surface area contributed by atoms with Gasteiger partial charge in [-0.3, -0.25) is 9.78 Å². The predicted molar refractivity (Wildman–Crippen MR) is 124 cm³/mol. The number of carbonyl (C=O) groups is 1. The number of halogens is 1. The first-order valence-corrected chi connectivity index (χ1v) is 10.6. The summed E-state index contributed by atoms with van der Waals surface area (Å²) in [6, 6.07) is 13.7. The highest BCUT2D eigenvalue weighted by atomic mass is 35.5. The molecule has 3 rings (SSSR count). The van der Waals surface area contributed by atoms with Crippen molar-refractivity contribution in [2.45, 2.75) is 39.7 Å². The molecule has 3 aromatic rings. The number of nitrogens with one attached hydrogen (secondary N) is 1. The van der Waals surface area contributed by atoms with Crippen molar-refractivity contribution in [1.29, 1.82) is 0 Å². The van der Waals surface area contributed by atoms with E-state index >= 15 is 0 Å². The highest BCUT2D eigenvalue weighted by Gasteiger charge is 2.13. The second-order valence-corrected chi connectivity index (χ2v) is 8.28. The topological polar surface area (TPSA) is 68.0 Å². The molecule has 0 fully saturated rings. The van der Waals surface area contributed by atoms with E-state index in [4.69, 9.17) is 17.3 Å². The maximum Gasteiger partial charge on any atom is 0.251 e. The molecule has 0 unspecified atom stereocenters. The van der Waals surface area contributed by atoms with Crippen molar-refractivity contribution >= 4 is 17.5 Å². The van der Waals surface area contributed by atoms with Crippen molar-refractivity contribution in [3.8, 4) is 11.1 Å². The Morgan fingerprint density at radius 3 is 2.67 bits per heavy atom. The fourth-order valence-corrected chi connectivity index (χ4v) is 3.83. The first-order valence-electron chi connectivity index (χ1n) is 10.2. The van der Waals surface area contributed by atoms with Gasteiger partial charge in [-0.05, 0) is 89.5 Å². The summed E-state index contributed by atoms with van der Waals surface area (Å²) in [7, 11) is 0. The van der Waals surface area contributed by atoms with Crippen LogP contribution in [-0.4, -0.2) is 17.4 Å². The number of pyridine rings is 1. The largest absolute Gasteiger partial charge is 0.348 e. The molecule has 5 heteroatoms. The second kappa shape index (κ2) is 9.88. The van der Waals surface area contributed by atoms with Gasteiger partial charge in [0.05, 0.1) is 0 Å². The van der Waals surface area contributed by atoms with Crippen molar-refractivity contribution in [2.24, 2.45) is 5.73 Å². The molecule has 0 aliphatic carbocycles. The Morgan fingerprint density at radius 1 is 1.13 bits per heavy atom. The summed E-state index contributed by atoms with van der Waals surface area (Å²) in [5.41, 5.74) is 12.8. The van der Waals surface area contributed by atoms with Crippen LogP contribution in [-0.2, 0) is 13.0 Å². The molecule has 0 atom stereocenters. The number of carbonyl (C=O) groups excluding carboxylic acids is 1. The summed E-state index contributed by atoms with van der Waals surface area (Å²) < 4.78 is 0. The van der Waals surface area contributed by atoms with Crippen LogP contribution in [0.15, 0.2) is 54.9 Å². The van der Waals surface area contributed by atoms with Gasteiger partial charge >= 0.3 is 0 Å². The Kier molecular flexibility index (Phi) is 7.24. The van der Waals surface area contributed by atoms with Crippen LogP contribution in [0.25, 0.3) is 11.1 Å². The quantitative estimate of drug-likeness (QED) is 0.546. The van der Waals surface area contributed by atoms with E-state index in [1.54, 1.807) is 6.20 Å². The molecule has 2 aromatic carbocycles. The molecule has 0 aliphatic heterocycles. The van der Waals surface area contributed by atoms with Crippen molar-refractivity contribution < 1.29 is 4.79 Å². The van der Waals surface area contributed by atoms with E-state index in [1.807, 2.05) is 49.5 Å². The minimum Gasteiger partial charge on any atom is -0.348 e. The lowest BCUT2D eigenvalue weighted by Crippen LogP contribution is -2.24. The van der Waals surface area contributed by atoms with Gasteiger partial charge in [-0.25, -0.2) is 0 Å². The zero-order chi connectivity index (χ0) is 21.7. The monoisotopic (exact) mass is 421 g/mol. The van der Waals surface area contributed by atoms with Gasteiger partial charge in [-0.1, -0.05) is 37.6 Å². The van der Waals surface area contributed by atoms with E-state index in [0.717, 1.165) is 34.2 Å². The number of rotatable bonds is 7. The molecule has 0 spiro atoms. The number of hydrogen-bond donors (Lipinski definition) is 2. The number of nitrogens with zero attached hydrogens (tertiary/aromatic N) is 1. The fraction of sp³-hybridized carbons (Fsp3) is 0.280. The number of amides is 1. The lowest BCUT2D eigenvalue weighted by molar-refractivity contribution is 0.0951. The van der Waals surface area contributed by atoms with Gasteiger partial charge in [0.1, 0.15) is 0 Å². The molecule has 1 amide bonds. The van der Waals surface area contributed by atoms with Gasteiger partial charge in [-0.15, -0.1) is 0 Å². The number of aryl methyl sites for hydroxylation is 1. The van der Waals surface area contributed by atoms with Crippen molar-refractivity contribution in [3.05, 3.63) is 87.7 Å². The van der Waals surface area contributed by atoms with Crippen molar-refractivity contribution in [1.82, 2.24) is 10.3 Å². The zero-order valence-corrected chi connectivity index (χ0v) is 18.5. The lowest BCUT2D eigenvalue weighted by atomic mass is 9.92. The predicted octanol–water partition coefficient (Wildman–Crippen LogP) is 5.27. The molecule has 0 saturated heterocycles. The van der Waals surface area contributed by atoms with Gasteiger partial charge in [0.15, 0.2) is 0 Å². The molecule has 156 valence electrons. The molecular weight excluding hydrogens is 394 g/mol. The average molecular weight is 422 g/mol. The molecule has 1 aromatic heterocycles. The fourth-order valence-electron chi connectivity index (χ4n) is 3.64. The number of hydrogen-bond acceptors (Lipinski definition) is 3. The van der Waals surface area contributed by atoms with Crippen LogP contribution in [0.3, 0.4) is 0 Å². The smallest absolute Gasteiger partial charge is 0.251 e. The van der Waals surface area contributed by atoms with E-state index in [-0.39, 0.29) is 5.91 Å². The maximum atomic E-state index is 12.9. The molecule has 30 heavy (non-hydrogen) atoms. The van der Waals surface area contributed by atoms with E-state index in [9.17, 15) is 4.79 Å². The van der Waals surface area contributed by atoms with Crippen LogP contribution in [0.4, 0.5) is 0 Å². The number of nitrogens with two attached hydrogens (primary N) is 1. The Morgan fingerprint density at radius 2 is 1.93 bits per heavy atom. The van der Waals surface area contributed by atoms with E-state index in [2.05, 4.69) is 30.2 Å². The first-order chi connectivity index (χ1) is 14.4. The third-order valence-electron chi connectivity index (χ3n) is 5.15. The third-order valence-corrected chi connectivity index (χ3v) is 5.38. The molecule has 0 saturated carbocycles. The van der Waals surface area contributed by atoms with Crippen LogP contribution in [0.1, 0.15) is 52.4 Å². The maximum absolute atomic E-state index is 12.9. The normalized spacial score (nSPS) is 11.0. The number of benzene rings is 2. The SMILES string of the molecule is Cc1cc(C(=O)NCc2cc(Cl)ccc2CCN)cc(-c2ccncc2C(C)C)c1. The summed E-state index contributed by atoms with van der Waals surface area (Å²) in [5, 5.41) is 3.68. The molecule has 1 heterocycles. The molecule has 0 aliphatic rings. The van der Waals surface area contributed by atoms with Gasteiger partial charge < -0.3 is 11.1 Å². The highest BCUT2D eigenvalue weighted by Crippen LogP contribution is 2.30. The highest BCUT2D eigenvalue weighted by molar-refractivity contribution is 6.30. The van der Waals surface area contributed by atoms with Gasteiger partial charge in [0.25, 0.3) is 5.91 Å². The van der Waals surface area contributed by atoms with Gasteiger partial charge in [0, 0.05) is 29.5 Å². The van der Waals surface area contributed by atoms with Crippen molar-refractivity contribution in [2.75, 3.05) is 6.54 Å². The van der Waals surface area contributed by atoms with Crippen molar-refractivity contribution in [3.63, 3.8) is 0 Å². The minimum atomic E-state index is -0.112. The van der Waals surface area contributed by atoms with E-state index < -0.39 is 0 Å². The Hall–Kier alpha value is -2.69. The minimum absolute atomic E-state index is 0.112. The molecular formula is C25H28ClN3O. The first kappa shape index (κ1) is 22.0. The van der Waals surface area contributed by atoms with E-state index in [0.29, 0.717) is 29.6 Å². The van der Waals surface area contributed by atoms with Gasteiger partial charge in [0.2, 0.25) is 0 Å². The second-order valence-electron chi connectivity index (χ2n) is 7.84. The van der Waals surface area contributed by atoms with Crippen LogP contribution in [0.2, 0.25) is 5.02 Å². The Bertz CT molecular complexity index is 1050. The molecule has 0 bridgehead atoms.